The molecule has 1 aromatic rings. The normalized spacial score (nSPS) is 11.5. The number of hydrogen-bond donors (Lipinski definition) is 1. The van der Waals surface area contributed by atoms with Gasteiger partial charge >= 0.3 is 0 Å². The first-order chi connectivity index (χ1) is 8.15. The maximum absolute atomic E-state index is 10.6. The molecule has 0 fully saturated rings. The van der Waals surface area contributed by atoms with Crippen LogP contribution in [0.3, 0.4) is 0 Å². The topological polar surface area (TPSA) is 29.5 Å². The van der Waals surface area contributed by atoms with Crippen molar-refractivity contribution in [2.75, 3.05) is 7.11 Å². The van der Waals surface area contributed by atoms with E-state index in [2.05, 4.69) is 13.8 Å². The molecule has 17 heavy (non-hydrogen) atoms. The fourth-order valence-corrected chi connectivity index (χ4v) is 2.44. The minimum absolute atomic E-state index is 0.585. The third-order valence-electron chi connectivity index (χ3n) is 3.14. The minimum atomic E-state index is -0.585. The molecule has 0 radical (unpaired) electrons. The van der Waals surface area contributed by atoms with E-state index < -0.39 is 5.60 Å². The summed E-state index contributed by atoms with van der Waals surface area (Å²) in [6.45, 7) is 4.23. The largest absolute Gasteiger partial charge is 0.496 e. The van der Waals surface area contributed by atoms with Crippen molar-refractivity contribution in [2.45, 2.75) is 51.6 Å². The zero-order chi connectivity index (χ0) is 12.7. The first-order valence-electron chi connectivity index (χ1n) is 6.49. The van der Waals surface area contributed by atoms with Crippen molar-refractivity contribution in [3.8, 4) is 5.75 Å². The van der Waals surface area contributed by atoms with Crippen LogP contribution in [0.5, 0.6) is 5.75 Å². The van der Waals surface area contributed by atoms with Crippen LogP contribution in [0, 0.1) is 0 Å². The molecule has 0 unspecified atom stereocenters. The molecule has 1 rings (SSSR count). The number of benzene rings is 1. The van der Waals surface area contributed by atoms with Crippen LogP contribution in [-0.4, -0.2) is 17.8 Å². The highest BCUT2D eigenvalue weighted by Gasteiger charge is 2.26. The van der Waals surface area contributed by atoms with Gasteiger partial charge in [0.2, 0.25) is 0 Å². The predicted octanol–water partition coefficient (Wildman–Crippen LogP) is 3.57. The van der Waals surface area contributed by atoms with E-state index in [9.17, 15) is 5.11 Å². The van der Waals surface area contributed by atoms with Gasteiger partial charge in [0, 0.05) is 6.42 Å². The molecule has 0 aromatic heterocycles. The van der Waals surface area contributed by atoms with E-state index in [1.807, 2.05) is 24.3 Å². The highest BCUT2D eigenvalue weighted by atomic mass is 16.5. The van der Waals surface area contributed by atoms with E-state index >= 15 is 0 Å². The summed E-state index contributed by atoms with van der Waals surface area (Å²) in [5, 5.41) is 10.6. The molecule has 0 spiro atoms. The van der Waals surface area contributed by atoms with Gasteiger partial charge in [0.05, 0.1) is 12.7 Å². The summed E-state index contributed by atoms with van der Waals surface area (Å²) in [5.41, 5.74) is 0.511. The van der Waals surface area contributed by atoms with Crippen molar-refractivity contribution < 1.29 is 9.84 Å². The summed E-state index contributed by atoms with van der Waals surface area (Å²) < 4.78 is 5.34. The molecule has 0 aliphatic heterocycles. The van der Waals surface area contributed by atoms with Gasteiger partial charge in [-0.25, -0.2) is 0 Å². The van der Waals surface area contributed by atoms with Crippen molar-refractivity contribution in [3.63, 3.8) is 0 Å². The lowest BCUT2D eigenvalue weighted by atomic mass is 9.86. The third-order valence-corrected chi connectivity index (χ3v) is 3.14. The molecule has 1 N–H and O–H groups in total. The molecule has 0 bridgehead atoms. The van der Waals surface area contributed by atoms with Crippen LogP contribution >= 0.6 is 0 Å². The predicted molar refractivity (Wildman–Crippen MR) is 71.5 cm³/mol. The fraction of sp³-hybridized carbons (Fsp3) is 0.600. The van der Waals surface area contributed by atoms with Crippen LogP contribution in [0.1, 0.15) is 45.1 Å². The second kappa shape index (κ2) is 6.65. The standard InChI is InChI=1S/C15H24O2/c1-4-10-15(16,11-5-2)12-13-8-6-7-9-14(13)17-3/h6-9,16H,4-5,10-12H2,1-3H3. The van der Waals surface area contributed by atoms with Crippen molar-refractivity contribution in [3.05, 3.63) is 29.8 Å². The Morgan fingerprint density at radius 1 is 1.12 bits per heavy atom. The lowest BCUT2D eigenvalue weighted by molar-refractivity contribution is 0.0211. The molecule has 0 atom stereocenters. The Kier molecular flexibility index (Phi) is 5.49. The average Bonchev–Trinajstić information content (AvgIpc) is 2.30. The van der Waals surface area contributed by atoms with Crippen molar-refractivity contribution in [1.82, 2.24) is 0 Å². The minimum Gasteiger partial charge on any atom is -0.496 e. The van der Waals surface area contributed by atoms with E-state index in [0.29, 0.717) is 6.42 Å². The Morgan fingerprint density at radius 3 is 2.24 bits per heavy atom. The Hall–Kier alpha value is -1.02. The molecule has 1 aromatic carbocycles. The maximum atomic E-state index is 10.6. The van der Waals surface area contributed by atoms with Gasteiger partial charge < -0.3 is 9.84 Å². The molecule has 2 heteroatoms. The molecule has 0 saturated heterocycles. The van der Waals surface area contributed by atoms with E-state index in [0.717, 1.165) is 37.0 Å². The third kappa shape index (κ3) is 4.04. The summed E-state index contributed by atoms with van der Waals surface area (Å²) >= 11 is 0. The fourth-order valence-electron chi connectivity index (χ4n) is 2.44. The van der Waals surface area contributed by atoms with E-state index in [1.165, 1.54) is 0 Å². The van der Waals surface area contributed by atoms with Gasteiger partial charge in [-0.1, -0.05) is 44.9 Å². The molecular weight excluding hydrogens is 212 g/mol. The van der Waals surface area contributed by atoms with Crippen LogP contribution in [-0.2, 0) is 6.42 Å². The van der Waals surface area contributed by atoms with Gasteiger partial charge in [-0.05, 0) is 24.5 Å². The molecule has 0 aliphatic rings. The Labute approximate surface area is 105 Å². The first-order valence-corrected chi connectivity index (χ1v) is 6.49. The van der Waals surface area contributed by atoms with Crippen molar-refractivity contribution >= 4 is 0 Å². The molecule has 0 saturated carbocycles. The smallest absolute Gasteiger partial charge is 0.122 e. The van der Waals surface area contributed by atoms with E-state index in [-0.39, 0.29) is 0 Å². The van der Waals surface area contributed by atoms with Crippen LogP contribution in [0.2, 0.25) is 0 Å². The van der Waals surface area contributed by atoms with Crippen molar-refractivity contribution in [1.29, 1.82) is 0 Å². The zero-order valence-electron chi connectivity index (χ0n) is 11.2. The van der Waals surface area contributed by atoms with Crippen LogP contribution < -0.4 is 4.74 Å². The molecular formula is C15H24O2. The number of hydrogen-bond acceptors (Lipinski definition) is 2. The highest BCUT2D eigenvalue weighted by Crippen LogP contribution is 2.28. The van der Waals surface area contributed by atoms with Crippen LogP contribution in [0.25, 0.3) is 0 Å². The number of methoxy groups -OCH3 is 1. The van der Waals surface area contributed by atoms with Gasteiger partial charge in [-0.15, -0.1) is 0 Å². The molecule has 0 aliphatic carbocycles. The number of aliphatic hydroxyl groups is 1. The summed E-state index contributed by atoms with van der Waals surface area (Å²) in [6, 6.07) is 7.94. The Bertz CT molecular complexity index is 327. The molecule has 2 nitrogen and oxygen atoms in total. The monoisotopic (exact) mass is 236 g/mol. The second-order valence-corrected chi connectivity index (χ2v) is 4.71. The van der Waals surface area contributed by atoms with Crippen molar-refractivity contribution in [2.24, 2.45) is 0 Å². The summed E-state index contributed by atoms with van der Waals surface area (Å²) in [4.78, 5) is 0. The lowest BCUT2D eigenvalue weighted by Crippen LogP contribution is -2.31. The summed E-state index contributed by atoms with van der Waals surface area (Å²) in [6.07, 6.45) is 4.38. The van der Waals surface area contributed by atoms with Crippen LogP contribution in [0.4, 0.5) is 0 Å². The SMILES string of the molecule is CCCC(O)(CCC)Cc1ccccc1OC. The van der Waals surface area contributed by atoms with Gasteiger partial charge in [-0.3, -0.25) is 0 Å². The van der Waals surface area contributed by atoms with Gasteiger partial charge in [-0.2, -0.15) is 0 Å². The van der Waals surface area contributed by atoms with E-state index in [1.54, 1.807) is 7.11 Å². The maximum Gasteiger partial charge on any atom is 0.122 e. The summed E-state index contributed by atoms with van der Waals surface area (Å²) in [7, 11) is 1.68. The van der Waals surface area contributed by atoms with E-state index in [4.69, 9.17) is 4.74 Å². The first kappa shape index (κ1) is 14.0. The average molecular weight is 236 g/mol. The van der Waals surface area contributed by atoms with Gasteiger partial charge in [0.25, 0.3) is 0 Å². The zero-order valence-corrected chi connectivity index (χ0v) is 11.2. The Morgan fingerprint density at radius 2 is 1.71 bits per heavy atom. The quantitative estimate of drug-likeness (QED) is 0.784. The van der Waals surface area contributed by atoms with Gasteiger partial charge in [0.15, 0.2) is 0 Å². The van der Waals surface area contributed by atoms with Crippen LogP contribution in [0.15, 0.2) is 24.3 Å². The van der Waals surface area contributed by atoms with Gasteiger partial charge in [0.1, 0.15) is 5.75 Å². The number of para-hydroxylation sites is 1. The molecule has 96 valence electrons. The lowest BCUT2D eigenvalue weighted by Gasteiger charge is -2.28. The second-order valence-electron chi connectivity index (χ2n) is 4.71. The summed E-state index contributed by atoms with van der Waals surface area (Å²) in [5.74, 6) is 0.873. The highest BCUT2D eigenvalue weighted by molar-refractivity contribution is 5.34. The Balaban J connectivity index is 2.85. The number of rotatable bonds is 7. The number of ether oxygens (including phenoxy) is 1. The molecule has 0 heterocycles. The molecule has 0 amide bonds.